The highest BCUT2D eigenvalue weighted by Gasteiger charge is 2.53. The summed E-state index contributed by atoms with van der Waals surface area (Å²) in [6.45, 7) is 9.84. The van der Waals surface area contributed by atoms with Gasteiger partial charge in [0, 0.05) is 5.56 Å². The molecule has 1 aromatic rings. The van der Waals surface area contributed by atoms with E-state index in [1.54, 1.807) is 5.56 Å². The first kappa shape index (κ1) is 19.4. The molecule has 2 saturated heterocycles. The van der Waals surface area contributed by atoms with Gasteiger partial charge in [-0.05, 0) is 78.7 Å². The van der Waals surface area contributed by atoms with Crippen molar-refractivity contribution in [2.45, 2.75) is 82.3 Å². The van der Waals surface area contributed by atoms with Crippen molar-refractivity contribution < 1.29 is 18.9 Å². The summed E-state index contributed by atoms with van der Waals surface area (Å²) < 4.78 is 23.5. The summed E-state index contributed by atoms with van der Waals surface area (Å²) in [6.07, 6.45) is 8.97. The fourth-order valence-corrected chi connectivity index (χ4v) is 7.14. The number of benzene rings is 1. The smallest absolute Gasteiger partial charge is 0.165 e. The summed E-state index contributed by atoms with van der Waals surface area (Å²) in [6, 6.07) is 4.59. The molecule has 0 N–H and O–H groups in total. The molecule has 0 aromatic heterocycles. The Morgan fingerprint density at radius 2 is 1.40 bits per heavy atom. The average molecular weight is 413 g/mol. The summed E-state index contributed by atoms with van der Waals surface area (Å²) in [5.74, 6) is 4.63. The van der Waals surface area contributed by atoms with E-state index in [1.165, 1.54) is 44.1 Å². The van der Waals surface area contributed by atoms with Gasteiger partial charge in [0.2, 0.25) is 0 Å². The van der Waals surface area contributed by atoms with Crippen molar-refractivity contribution in [3.63, 3.8) is 0 Å². The van der Waals surface area contributed by atoms with Gasteiger partial charge in [0.1, 0.15) is 25.4 Å². The van der Waals surface area contributed by atoms with Crippen molar-refractivity contribution in [1.29, 1.82) is 0 Å². The number of ether oxygens (including phenoxy) is 4. The van der Waals surface area contributed by atoms with Gasteiger partial charge in [0.05, 0.1) is 13.2 Å². The quantitative estimate of drug-likeness (QED) is 0.591. The molecule has 2 atom stereocenters. The van der Waals surface area contributed by atoms with Gasteiger partial charge in [0.25, 0.3) is 0 Å². The van der Waals surface area contributed by atoms with Crippen LogP contribution in [-0.2, 0) is 20.3 Å². The van der Waals surface area contributed by atoms with Crippen molar-refractivity contribution >= 4 is 0 Å². The summed E-state index contributed by atoms with van der Waals surface area (Å²) in [5.41, 5.74) is 3.26. The summed E-state index contributed by atoms with van der Waals surface area (Å²) in [4.78, 5) is 0. The second-order valence-electron chi connectivity index (χ2n) is 11.8. The number of hydrogen-bond donors (Lipinski definition) is 0. The molecule has 6 aliphatic rings. The normalized spacial score (nSPS) is 38.6. The van der Waals surface area contributed by atoms with Gasteiger partial charge in [0.15, 0.2) is 11.5 Å². The number of hydrogen-bond acceptors (Lipinski definition) is 4. The zero-order valence-electron chi connectivity index (χ0n) is 18.7. The topological polar surface area (TPSA) is 43.5 Å². The maximum Gasteiger partial charge on any atom is 0.165 e. The first-order valence-electron chi connectivity index (χ1n) is 12.1. The van der Waals surface area contributed by atoms with Crippen molar-refractivity contribution in [3.8, 4) is 11.5 Å². The average Bonchev–Trinajstić information content (AvgIpc) is 3.58. The van der Waals surface area contributed by atoms with Crippen LogP contribution in [0, 0.1) is 17.8 Å². The van der Waals surface area contributed by atoms with Crippen molar-refractivity contribution in [2.75, 3.05) is 26.4 Å². The first-order valence-corrected chi connectivity index (χ1v) is 12.1. The Bertz CT molecular complexity index is 780. The number of rotatable bonds is 7. The summed E-state index contributed by atoms with van der Waals surface area (Å²) >= 11 is 0. The van der Waals surface area contributed by atoms with Crippen LogP contribution in [0.15, 0.2) is 12.1 Å². The molecule has 4 aliphatic carbocycles. The van der Waals surface area contributed by atoms with Crippen LogP contribution in [0.25, 0.3) is 0 Å². The third kappa shape index (κ3) is 3.54. The minimum atomic E-state index is -0.00609. The van der Waals surface area contributed by atoms with E-state index in [-0.39, 0.29) is 17.6 Å². The highest BCUT2D eigenvalue weighted by molar-refractivity contribution is 5.56. The Kier molecular flexibility index (Phi) is 4.45. The van der Waals surface area contributed by atoms with Gasteiger partial charge in [-0.1, -0.05) is 26.8 Å². The lowest BCUT2D eigenvalue weighted by Crippen LogP contribution is -2.49. The minimum Gasteiger partial charge on any atom is -0.487 e. The molecule has 7 rings (SSSR count). The van der Waals surface area contributed by atoms with E-state index in [0.717, 1.165) is 42.5 Å². The third-order valence-electron chi connectivity index (χ3n) is 8.12. The molecule has 2 aliphatic heterocycles. The van der Waals surface area contributed by atoms with Crippen LogP contribution in [0.1, 0.15) is 70.4 Å². The minimum absolute atomic E-state index is 0.00609. The van der Waals surface area contributed by atoms with Crippen LogP contribution in [-0.4, -0.2) is 38.6 Å². The second kappa shape index (κ2) is 6.87. The fourth-order valence-electron chi connectivity index (χ4n) is 7.14. The Balaban J connectivity index is 1.43. The van der Waals surface area contributed by atoms with Gasteiger partial charge in [-0.25, -0.2) is 0 Å². The van der Waals surface area contributed by atoms with Gasteiger partial charge in [-0.2, -0.15) is 0 Å². The van der Waals surface area contributed by atoms with Crippen LogP contribution in [0.3, 0.4) is 0 Å². The van der Waals surface area contributed by atoms with Crippen molar-refractivity contribution in [3.05, 3.63) is 23.3 Å². The predicted octanol–water partition coefficient (Wildman–Crippen LogP) is 5.01. The van der Waals surface area contributed by atoms with E-state index in [0.29, 0.717) is 18.6 Å². The Labute approximate surface area is 180 Å². The SMILES string of the molecule is CC(C)(C)c1c(C23CC4CC(CC(C4)C2)C3)ccc(OCC2CO2)c1OCC1CO1. The summed E-state index contributed by atoms with van der Waals surface area (Å²) in [5, 5.41) is 0. The molecule has 2 heterocycles. The van der Waals surface area contributed by atoms with E-state index in [4.69, 9.17) is 18.9 Å². The second-order valence-corrected chi connectivity index (χ2v) is 11.8. The third-order valence-corrected chi connectivity index (χ3v) is 8.12. The summed E-state index contributed by atoms with van der Waals surface area (Å²) in [7, 11) is 0. The standard InChI is InChI=1S/C26H36O4/c1-25(2,3)23-21(26-9-16-6-17(10-26)8-18(7-16)11-26)4-5-22(29-14-19-12-27-19)24(23)30-15-20-13-28-20/h4-5,16-20H,6-15H2,1-3H3. The monoisotopic (exact) mass is 412 g/mol. The van der Waals surface area contributed by atoms with Crippen LogP contribution in [0.2, 0.25) is 0 Å². The molecule has 0 radical (unpaired) electrons. The zero-order chi connectivity index (χ0) is 20.5. The molecule has 0 spiro atoms. The largest absolute Gasteiger partial charge is 0.487 e. The molecule has 164 valence electrons. The van der Waals surface area contributed by atoms with E-state index in [9.17, 15) is 0 Å². The fraction of sp³-hybridized carbons (Fsp3) is 0.769. The highest BCUT2D eigenvalue weighted by Crippen LogP contribution is 2.62. The van der Waals surface area contributed by atoms with Gasteiger partial charge in [-0.3, -0.25) is 0 Å². The molecule has 30 heavy (non-hydrogen) atoms. The Hall–Kier alpha value is -1.26. The van der Waals surface area contributed by atoms with E-state index in [2.05, 4.69) is 32.9 Å². The molecule has 2 unspecified atom stereocenters. The van der Waals surface area contributed by atoms with Crippen molar-refractivity contribution in [1.82, 2.24) is 0 Å². The molecule has 1 aromatic carbocycles. The van der Waals surface area contributed by atoms with Crippen LogP contribution >= 0.6 is 0 Å². The molecular weight excluding hydrogens is 376 g/mol. The number of epoxide rings is 2. The van der Waals surface area contributed by atoms with Gasteiger partial charge < -0.3 is 18.9 Å². The molecule has 4 saturated carbocycles. The molecule has 4 bridgehead atoms. The maximum atomic E-state index is 6.48. The maximum absolute atomic E-state index is 6.48. The van der Waals surface area contributed by atoms with E-state index in [1.807, 2.05) is 0 Å². The van der Waals surface area contributed by atoms with E-state index >= 15 is 0 Å². The molecule has 0 amide bonds. The van der Waals surface area contributed by atoms with Crippen LogP contribution in [0.4, 0.5) is 0 Å². The molecule has 4 nitrogen and oxygen atoms in total. The van der Waals surface area contributed by atoms with E-state index < -0.39 is 0 Å². The van der Waals surface area contributed by atoms with Crippen LogP contribution in [0.5, 0.6) is 11.5 Å². The highest BCUT2D eigenvalue weighted by atomic mass is 16.6. The molecule has 4 heteroatoms. The van der Waals surface area contributed by atoms with Gasteiger partial charge >= 0.3 is 0 Å². The lowest BCUT2D eigenvalue weighted by molar-refractivity contribution is -0.00612. The van der Waals surface area contributed by atoms with Gasteiger partial charge in [-0.15, -0.1) is 0 Å². The molecular formula is C26H36O4. The molecule has 6 fully saturated rings. The lowest BCUT2D eigenvalue weighted by atomic mass is 9.47. The Morgan fingerprint density at radius 1 is 0.867 bits per heavy atom. The van der Waals surface area contributed by atoms with Crippen molar-refractivity contribution in [2.24, 2.45) is 17.8 Å². The predicted molar refractivity (Wildman–Crippen MR) is 115 cm³/mol. The Morgan fingerprint density at radius 3 is 1.90 bits per heavy atom. The zero-order valence-corrected chi connectivity index (χ0v) is 18.7. The first-order chi connectivity index (χ1) is 14.4. The lowest BCUT2D eigenvalue weighted by Gasteiger charge is -2.58. The van der Waals surface area contributed by atoms with Crippen LogP contribution < -0.4 is 9.47 Å².